The van der Waals surface area contributed by atoms with Crippen molar-refractivity contribution in [2.45, 2.75) is 63.6 Å². The molecule has 2 rings (SSSR count). The Morgan fingerprint density at radius 1 is 1.50 bits per heavy atom. The summed E-state index contributed by atoms with van der Waals surface area (Å²) in [6.45, 7) is 7.83. The van der Waals surface area contributed by atoms with Crippen LogP contribution in [0.25, 0.3) is 0 Å². The molecular formula is C15H29N3O2. The molecular weight excluding hydrogens is 254 g/mol. The summed E-state index contributed by atoms with van der Waals surface area (Å²) in [4.78, 5) is 14.4. The maximum Gasteiger partial charge on any atom is 0.237 e. The molecule has 1 heterocycles. The van der Waals surface area contributed by atoms with Crippen LogP contribution >= 0.6 is 0 Å². The Balaban J connectivity index is 2.06. The normalized spacial score (nSPS) is 36.5. The van der Waals surface area contributed by atoms with E-state index in [-0.39, 0.29) is 12.0 Å². The third-order valence-corrected chi connectivity index (χ3v) is 4.71. The molecule has 0 radical (unpaired) electrons. The van der Waals surface area contributed by atoms with Crippen LogP contribution in [0.5, 0.6) is 0 Å². The number of hydrogen-bond donors (Lipinski definition) is 2. The van der Waals surface area contributed by atoms with Gasteiger partial charge in [0.1, 0.15) is 0 Å². The van der Waals surface area contributed by atoms with Gasteiger partial charge in [0.15, 0.2) is 0 Å². The molecule has 0 bridgehead atoms. The van der Waals surface area contributed by atoms with Gasteiger partial charge in [-0.3, -0.25) is 9.69 Å². The van der Waals surface area contributed by atoms with Crippen molar-refractivity contribution >= 4 is 5.91 Å². The summed E-state index contributed by atoms with van der Waals surface area (Å²) in [6.07, 6.45) is 5.28. The number of likely N-dealkylation sites (N-methyl/N-ethyl adjacent to an activating group) is 1. The average Bonchev–Trinajstić information content (AvgIpc) is 2.64. The summed E-state index contributed by atoms with van der Waals surface area (Å²) in [5.74, 6) is -0.192. The maximum atomic E-state index is 11.9. The van der Waals surface area contributed by atoms with Crippen LogP contribution in [0.4, 0.5) is 0 Å². The van der Waals surface area contributed by atoms with Crippen LogP contribution in [0.15, 0.2) is 0 Å². The molecule has 5 heteroatoms. The molecule has 0 aromatic carbocycles. The molecule has 1 amide bonds. The van der Waals surface area contributed by atoms with Gasteiger partial charge >= 0.3 is 0 Å². The van der Waals surface area contributed by atoms with Crippen molar-refractivity contribution in [3.8, 4) is 0 Å². The topological polar surface area (TPSA) is 67.6 Å². The highest BCUT2D eigenvalue weighted by Gasteiger charge is 2.42. The minimum absolute atomic E-state index is 0.192. The number of nitrogens with zero attached hydrogens (tertiary/aromatic N) is 1. The fraction of sp³-hybridized carbons (Fsp3) is 0.933. The van der Waals surface area contributed by atoms with Gasteiger partial charge in [-0.1, -0.05) is 6.92 Å². The second-order valence-electron chi connectivity index (χ2n) is 6.26. The molecule has 3 N–H and O–H groups in total. The number of rotatable bonds is 4. The van der Waals surface area contributed by atoms with E-state index in [1.54, 1.807) is 0 Å². The summed E-state index contributed by atoms with van der Waals surface area (Å²) >= 11 is 0. The van der Waals surface area contributed by atoms with Gasteiger partial charge in [-0.2, -0.15) is 0 Å². The fourth-order valence-electron chi connectivity index (χ4n) is 3.73. The number of nitrogens with two attached hydrogens (primary N) is 1. The van der Waals surface area contributed by atoms with Crippen LogP contribution in [-0.4, -0.2) is 54.7 Å². The van der Waals surface area contributed by atoms with E-state index in [1.165, 1.54) is 0 Å². The van der Waals surface area contributed by atoms with Gasteiger partial charge in [0, 0.05) is 25.7 Å². The smallest absolute Gasteiger partial charge is 0.237 e. The first-order chi connectivity index (χ1) is 9.57. The lowest BCUT2D eigenvalue weighted by Gasteiger charge is -2.43. The van der Waals surface area contributed by atoms with Gasteiger partial charge in [0.05, 0.1) is 11.6 Å². The molecule has 20 heavy (non-hydrogen) atoms. The number of nitrogens with one attached hydrogen (secondary N) is 1. The number of carbonyl (C=O) groups is 1. The second-order valence-corrected chi connectivity index (χ2v) is 6.26. The van der Waals surface area contributed by atoms with Gasteiger partial charge in [0.25, 0.3) is 0 Å². The first-order valence-corrected chi connectivity index (χ1v) is 7.98. The van der Waals surface area contributed by atoms with E-state index < -0.39 is 5.54 Å². The maximum absolute atomic E-state index is 11.9. The molecule has 2 fully saturated rings. The highest BCUT2D eigenvalue weighted by molar-refractivity contribution is 5.84. The van der Waals surface area contributed by atoms with Gasteiger partial charge in [-0.05, 0) is 45.6 Å². The van der Waals surface area contributed by atoms with Crippen LogP contribution in [0.2, 0.25) is 0 Å². The Bertz CT molecular complexity index is 333. The number of carbonyl (C=O) groups excluding carboxylic acids is 1. The first-order valence-electron chi connectivity index (χ1n) is 7.98. The second kappa shape index (κ2) is 6.87. The minimum Gasteiger partial charge on any atom is -0.377 e. The Labute approximate surface area is 122 Å². The van der Waals surface area contributed by atoms with E-state index in [0.717, 1.165) is 58.3 Å². The minimum atomic E-state index is -0.506. The summed E-state index contributed by atoms with van der Waals surface area (Å²) in [6, 6.07) is 0.444. The van der Waals surface area contributed by atoms with E-state index in [9.17, 15) is 4.79 Å². The third-order valence-electron chi connectivity index (χ3n) is 4.71. The van der Waals surface area contributed by atoms with Crippen molar-refractivity contribution in [2.75, 3.05) is 26.2 Å². The summed E-state index contributed by atoms with van der Waals surface area (Å²) in [7, 11) is 0. The van der Waals surface area contributed by atoms with Crippen LogP contribution in [0.3, 0.4) is 0 Å². The first kappa shape index (κ1) is 15.7. The molecule has 0 aromatic heterocycles. The van der Waals surface area contributed by atoms with Crippen molar-refractivity contribution in [3.63, 3.8) is 0 Å². The average molecular weight is 283 g/mol. The Hall–Kier alpha value is -0.650. The summed E-state index contributed by atoms with van der Waals surface area (Å²) < 4.78 is 5.72. The van der Waals surface area contributed by atoms with Gasteiger partial charge in [-0.15, -0.1) is 0 Å². The zero-order valence-corrected chi connectivity index (χ0v) is 12.9. The molecule has 1 saturated heterocycles. The van der Waals surface area contributed by atoms with Gasteiger partial charge in [-0.25, -0.2) is 0 Å². The predicted octanol–water partition coefficient (Wildman–Crippen LogP) is 0.873. The molecule has 1 saturated carbocycles. The number of amides is 1. The highest BCUT2D eigenvalue weighted by atomic mass is 16.5. The fourth-order valence-corrected chi connectivity index (χ4v) is 3.73. The van der Waals surface area contributed by atoms with Crippen molar-refractivity contribution in [3.05, 3.63) is 0 Å². The Morgan fingerprint density at radius 3 is 3.00 bits per heavy atom. The monoisotopic (exact) mass is 283 g/mol. The lowest BCUT2D eigenvalue weighted by Crippen LogP contribution is -2.61. The van der Waals surface area contributed by atoms with Gasteiger partial charge in [0.2, 0.25) is 5.91 Å². The van der Waals surface area contributed by atoms with Crippen molar-refractivity contribution in [1.29, 1.82) is 0 Å². The van der Waals surface area contributed by atoms with E-state index in [4.69, 9.17) is 10.5 Å². The van der Waals surface area contributed by atoms with E-state index in [0.29, 0.717) is 6.04 Å². The molecule has 1 aliphatic heterocycles. The van der Waals surface area contributed by atoms with E-state index in [1.807, 2.05) is 6.92 Å². The molecule has 5 nitrogen and oxygen atoms in total. The zero-order chi connectivity index (χ0) is 14.6. The number of ether oxygens (including phenoxy) is 1. The van der Waals surface area contributed by atoms with Gasteiger partial charge < -0.3 is 15.8 Å². The highest BCUT2D eigenvalue weighted by Crippen LogP contribution is 2.32. The molecule has 1 aliphatic carbocycles. The molecule has 3 atom stereocenters. The zero-order valence-electron chi connectivity index (χ0n) is 12.9. The largest absolute Gasteiger partial charge is 0.377 e. The lowest BCUT2D eigenvalue weighted by molar-refractivity contribution is -0.126. The predicted molar refractivity (Wildman–Crippen MR) is 79.5 cm³/mol. The molecule has 0 aromatic rings. The van der Waals surface area contributed by atoms with Crippen LogP contribution in [0.1, 0.15) is 46.0 Å². The molecule has 3 unspecified atom stereocenters. The molecule has 2 aliphatic rings. The third kappa shape index (κ3) is 3.51. The van der Waals surface area contributed by atoms with Crippen molar-refractivity contribution in [2.24, 2.45) is 5.73 Å². The van der Waals surface area contributed by atoms with Crippen molar-refractivity contribution < 1.29 is 9.53 Å². The number of primary amides is 1. The Kier molecular flexibility index (Phi) is 5.41. The SMILES string of the molecule is CCNC1(C(N)=O)CCCC(N2CCCOC(C)C2)C1. The van der Waals surface area contributed by atoms with Crippen LogP contribution in [0, 0.1) is 0 Å². The molecule has 0 spiro atoms. The quantitative estimate of drug-likeness (QED) is 0.803. The van der Waals surface area contributed by atoms with E-state index in [2.05, 4.69) is 17.1 Å². The lowest BCUT2D eigenvalue weighted by atomic mass is 9.77. The summed E-state index contributed by atoms with van der Waals surface area (Å²) in [5.41, 5.74) is 5.19. The molecule has 116 valence electrons. The summed E-state index contributed by atoms with van der Waals surface area (Å²) in [5, 5.41) is 3.36. The standard InChI is InChI=1S/C15H29N3O2/c1-3-17-15(14(16)19)7-4-6-13(10-15)18-8-5-9-20-12(2)11-18/h12-13,17H,3-11H2,1-2H3,(H2,16,19). The number of hydrogen-bond acceptors (Lipinski definition) is 4. The Morgan fingerprint density at radius 2 is 2.30 bits per heavy atom. The van der Waals surface area contributed by atoms with E-state index >= 15 is 0 Å². The van der Waals surface area contributed by atoms with Crippen molar-refractivity contribution in [1.82, 2.24) is 10.2 Å². The van der Waals surface area contributed by atoms with Crippen LogP contribution < -0.4 is 11.1 Å². The van der Waals surface area contributed by atoms with Crippen LogP contribution in [-0.2, 0) is 9.53 Å².